The molecular formula is C13H27NO2. The van der Waals surface area contributed by atoms with Gasteiger partial charge in [-0.3, -0.25) is 0 Å². The van der Waals surface area contributed by atoms with Crippen LogP contribution in [0.3, 0.4) is 0 Å². The smallest absolute Gasteiger partial charge is 0.0468 e. The van der Waals surface area contributed by atoms with Gasteiger partial charge in [0.25, 0.3) is 0 Å². The van der Waals surface area contributed by atoms with E-state index in [-0.39, 0.29) is 0 Å². The van der Waals surface area contributed by atoms with E-state index in [1.807, 2.05) is 0 Å². The van der Waals surface area contributed by atoms with E-state index in [1.54, 1.807) is 0 Å². The number of rotatable bonds is 8. The van der Waals surface area contributed by atoms with Gasteiger partial charge < -0.3 is 14.8 Å². The third kappa shape index (κ3) is 5.83. The minimum Gasteiger partial charge on any atom is -0.382 e. The van der Waals surface area contributed by atoms with Crippen molar-refractivity contribution in [2.24, 2.45) is 5.92 Å². The summed E-state index contributed by atoms with van der Waals surface area (Å²) in [6.45, 7) is 5.71. The monoisotopic (exact) mass is 229 g/mol. The van der Waals surface area contributed by atoms with Crippen molar-refractivity contribution in [3.8, 4) is 0 Å². The van der Waals surface area contributed by atoms with Crippen LogP contribution in [0.1, 0.15) is 39.0 Å². The van der Waals surface area contributed by atoms with E-state index in [4.69, 9.17) is 9.47 Å². The first-order valence-corrected chi connectivity index (χ1v) is 6.69. The van der Waals surface area contributed by atoms with Gasteiger partial charge in [-0.15, -0.1) is 0 Å². The van der Waals surface area contributed by atoms with Gasteiger partial charge in [-0.25, -0.2) is 0 Å². The molecule has 96 valence electrons. The van der Waals surface area contributed by atoms with Crippen molar-refractivity contribution in [3.63, 3.8) is 0 Å². The highest BCUT2D eigenvalue weighted by Crippen LogP contribution is 2.21. The lowest BCUT2D eigenvalue weighted by Crippen LogP contribution is -2.30. The Morgan fingerprint density at radius 1 is 1.38 bits per heavy atom. The number of ether oxygens (including phenoxy) is 2. The van der Waals surface area contributed by atoms with Crippen LogP contribution in [0.15, 0.2) is 0 Å². The molecule has 0 saturated carbocycles. The van der Waals surface area contributed by atoms with Crippen LogP contribution in [-0.4, -0.2) is 39.5 Å². The van der Waals surface area contributed by atoms with Gasteiger partial charge in [0.2, 0.25) is 0 Å². The minimum absolute atomic E-state index is 0.656. The van der Waals surface area contributed by atoms with Gasteiger partial charge in [0.05, 0.1) is 0 Å². The molecular weight excluding hydrogens is 202 g/mol. The zero-order valence-electron chi connectivity index (χ0n) is 10.8. The van der Waals surface area contributed by atoms with Crippen molar-refractivity contribution in [2.75, 3.05) is 33.5 Å². The van der Waals surface area contributed by atoms with Gasteiger partial charge >= 0.3 is 0 Å². The third-order valence-corrected chi connectivity index (χ3v) is 3.41. The number of nitrogens with one attached hydrogen (secondary N) is 1. The van der Waals surface area contributed by atoms with Gasteiger partial charge in [-0.1, -0.05) is 0 Å². The van der Waals surface area contributed by atoms with Crippen LogP contribution in [-0.2, 0) is 9.47 Å². The first-order chi connectivity index (χ1) is 7.86. The average Bonchev–Trinajstić information content (AvgIpc) is 2.34. The Bertz CT molecular complexity index is 158. The zero-order chi connectivity index (χ0) is 11.6. The molecule has 16 heavy (non-hydrogen) atoms. The second kappa shape index (κ2) is 8.97. The Balaban J connectivity index is 2.09. The summed E-state index contributed by atoms with van der Waals surface area (Å²) in [4.78, 5) is 0. The Hall–Kier alpha value is -0.120. The highest BCUT2D eigenvalue weighted by Gasteiger charge is 2.17. The van der Waals surface area contributed by atoms with Gasteiger partial charge in [0.15, 0.2) is 0 Å². The topological polar surface area (TPSA) is 30.5 Å². The highest BCUT2D eigenvalue weighted by atomic mass is 16.5. The quantitative estimate of drug-likeness (QED) is 0.647. The lowest BCUT2D eigenvalue weighted by molar-refractivity contribution is 0.0598. The highest BCUT2D eigenvalue weighted by molar-refractivity contribution is 4.72. The van der Waals surface area contributed by atoms with Crippen LogP contribution in [0.5, 0.6) is 0 Å². The second-order valence-electron chi connectivity index (χ2n) is 4.62. The maximum absolute atomic E-state index is 5.39. The Labute approximate surface area is 99.9 Å². The zero-order valence-corrected chi connectivity index (χ0v) is 10.8. The molecule has 1 aliphatic heterocycles. The number of hydrogen-bond donors (Lipinski definition) is 1. The largest absolute Gasteiger partial charge is 0.382 e. The van der Waals surface area contributed by atoms with E-state index in [0.717, 1.165) is 32.3 Å². The summed E-state index contributed by atoms with van der Waals surface area (Å²) in [5.74, 6) is 0.860. The fourth-order valence-corrected chi connectivity index (χ4v) is 2.34. The maximum atomic E-state index is 5.39. The lowest BCUT2D eigenvalue weighted by atomic mass is 9.91. The summed E-state index contributed by atoms with van der Waals surface area (Å²) in [5.41, 5.74) is 0. The summed E-state index contributed by atoms with van der Waals surface area (Å²) in [5, 5.41) is 3.43. The minimum atomic E-state index is 0.656. The van der Waals surface area contributed by atoms with Crippen molar-refractivity contribution in [2.45, 2.75) is 45.1 Å². The molecule has 1 rings (SSSR count). The molecule has 1 unspecified atom stereocenters. The molecule has 0 aromatic carbocycles. The summed E-state index contributed by atoms with van der Waals surface area (Å²) < 4.78 is 10.8. The molecule has 0 aromatic heterocycles. The Kier molecular flexibility index (Phi) is 7.81. The lowest BCUT2D eigenvalue weighted by Gasteiger charge is -2.26. The van der Waals surface area contributed by atoms with Gasteiger partial charge in [-0.05, 0) is 52.0 Å². The van der Waals surface area contributed by atoms with E-state index in [9.17, 15) is 0 Å². The molecule has 0 amide bonds. The van der Waals surface area contributed by atoms with E-state index in [1.165, 1.54) is 32.1 Å². The Morgan fingerprint density at radius 2 is 2.12 bits per heavy atom. The molecule has 3 heteroatoms. The summed E-state index contributed by atoms with van der Waals surface area (Å²) in [6, 6.07) is 0.656. The van der Waals surface area contributed by atoms with Gasteiger partial charge in [-0.2, -0.15) is 0 Å². The maximum Gasteiger partial charge on any atom is 0.0468 e. The molecule has 0 aromatic rings. The molecule has 1 heterocycles. The summed E-state index contributed by atoms with van der Waals surface area (Å²) >= 11 is 0. The van der Waals surface area contributed by atoms with Crippen LogP contribution in [0, 0.1) is 5.92 Å². The van der Waals surface area contributed by atoms with Crippen LogP contribution in [0.25, 0.3) is 0 Å². The van der Waals surface area contributed by atoms with E-state index in [2.05, 4.69) is 19.3 Å². The van der Waals surface area contributed by atoms with Crippen LogP contribution in [0.2, 0.25) is 0 Å². The van der Waals surface area contributed by atoms with Crippen molar-refractivity contribution in [1.82, 2.24) is 5.32 Å². The van der Waals surface area contributed by atoms with Gasteiger partial charge in [0, 0.05) is 32.5 Å². The fraction of sp³-hybridized carbons (Fsp3) is 1.00. The van der Waals surface area contributed by atoms with Crippen molar-refractivity contribution < 1.29 is 9.47 Å². The standard InChI is InChI=1S/C13H27NO2/c1-3-15-8-4-5-13(14-2)11-12-6-9-16-10-7-12/h12-14H,3-11H2,1-2H3. The normalized spacial score (nSPS) is 19.9. The molecule has 1 aliphatic rings. The molecule has 1 fully saturated rings. The molecule has 1 atom stereocenters. The predicted molar refractivity (Wildman–Crippen MR) is 66.7 cm³/mol. The fourth-order valence-electron chi connectivity index (χ4n) is 2.34. The first kappa shape index (κ1) is 13.9. The summed E-state index contributed by atoms with van der Waals surface area (Å²) in [7, 11) is 2.07. The van der Waals surface area contributed by atoms with E-state index in [0.29, 0.717) is 6.04 Å². The molecule has 0 spiro atoms. The first-order valence-electron chi connectivity index (χ1n) is 6.69. The molecule has 3 nitrogen and oxygen atoms in total. The molecule has 0 bridgehead atoms. The van der Waals surface area contributed by atoms with Crippen LogP contribution in [0.4, 0.5) is 0 Å². The molecule has 1 saturated heterocycles. The average molecular weight is 229 g/mol. The van der Waals surface area contributed by atoms with Crippen LogP contribution < -0.4 is 5.32 Å². The van der Waals surface area contributed by atoms with E-state index < -0.39 is 0 Å². The second-order valence-corrected chi connectivity index (χ2v) is 4.62. The van der Waals surface area contributed by atoms with E-state index >= 15 is 0 Å². The van der Waals surface area contributed by atoms with Crippen molar-refractivity contribution >= 4 is 0 Å². The van der Waals surface area contributed by atoms with Crippen molar-refractivity contribution in [1.29, 1.82) is 0 Å². The SMILES string of the molecule is CCOCCCC(CC1CCOCC1)NC. The van der Waals surface area contributed by atoms with Crippen LogP contribution >= 0.6 is 0 Å². The molecule has 0 radical (unpaired) electrons. The molecule has 0 aliphatic carbocycles. The summed E-state index contributed by atoms with van der Waals surface area (Å²) in [6.07, 6.45) is 6.18. The van der Waals surface area contributed by atoms with Gasteiger partial charge in [0.1, 0.15) is 0 Å². The predicted octanol–water partition coefficient (Wildman–Crippen LogP) is 2.21. The Morgan fingerprint density at radius 3 is 2.75 bits per heavy atom. The third-order valence-electron chi connectivity index (χ3n) is 3.41. The van der Waals surface area contributed by atoms with Crippen molar-refractivity contribution in [3.05, 3.63) is 0 Å². The number of hydrogen-bond acceptors (Lipinski definition) is 3. The molecule has 1 N–H and O–H groups in total.